The minimum Gasteiger partial charge on any atom is -0.477 e. The molecule has 0 radical (unpaired) electrons. The van der Waals surface area contributed by atoms with Crippen molar-refractivity contribution in [2.75, 3.05) is 12.4 Å². The van der Waals surface area contributed by atoms with Crippen molar-refractivity contribution in [1.82, 2.24) is 9.97 Å². The summed E-state index contributed by atoms with van der Waals surface area (Å²) in [4.78, 5) is 16.8. The van der Waals surface area contributed by atoms with Gasteiger partial charge in [0.1, 0.15) is 11.5 Å². The lowest BCUT2D eigenvalue weighted by molar-refractivity contribution is 0.0690. The van der Waals surface area contributed by atoms with Crippen LogP contribution in [-0.2, 0) is 0 Å². The van der Waals surface area contributed by atoms with Crippen molar-refractivity contribution in [2.24, 2.45) is 0 Å². The molecule has 0 unspecified atom stereocenters. The Bertz CT molecular complexity index is 360. The maximum Gasteiger partial charge on any atom is 0.352 e. The van der Waals surface area contributed by atoms with Gasteiger partial charge in [-0.15, -0.1) is 0 Å². The summed E-state index contributed by atoms with van der Waals surface area (Å²) < 4.78 is 0.152. The predicted molar refractivity (Wildman–Crippen MR) is 45.9 cm³/mol. The first-order valence-electron chi connectivity index (χ1n) is 3.16. The molecule has 0 aliphatic rings. The molecule has 1 aromatic rings. The third-order valence-corrected chi connectivity index (χ3v) is 1.42. The van der Waals surface area contributed by atoms with Crippen LogP contribution >= 0.6 is 12.2 Å². The Hall–Kier alpha value is -1.43. The van der Waals surface area contributed by atoms with Crippen molar-refractivity contribution in [3.8, 4) is 0 Å². The van der Waals surface area contributed by atoms with E-state index in [2.05, 4.69) is 15.3 Å². The van der Waals surface area contributed by atoms with Gasteiger partial charge in [0.25, 0.3) is 0 Å². The zero-order valence-electron chi connectivity index (χ0n) is 6.29. The van der Waals surface area contributed by atoms with Gasteiger partial charge in [0.2, 0.25) is 0 Å². The predicted octanol–water partition coefficient (Wildman–Crippen LogP) is 0.879. The molecule has 0 fully saturated rings. The summed E-state index contributed by atoms with van der Waals surface area (Å²) >= 11 is 4.70. The number of carboxylic acid groups (broad SMARTS) is 1. The number of nitrogens with one attached hydrogen (secondary N) is 2. The van der Waals surface area contributed by atoms with Gasteiger partial charge < -0.3 is 15.4 Å². The Morgan fingerprint density at radius 2 is 2.50 bits per heavy atom. The molecule has 5 nitrogen and oxygen atoms in total. The molecule has 6 heteroatoms. The van der Waals surface area contributed by atoms with E-state index >= 15 is 0 Å². The quantitative estimate of drug-likeness (QED) is 0.596. The third kappa shape index (κ3) is 1.79. The van der Waals surface area contributed by atoms with E-state index in [1.54, 1.807) is 7.05 Å². The molecule has 0 atom stereocenters. The molecular weight excluding hydrogens is 178 g/mol. The standard InChI is InChI=1S/C6H7N3O2S/c1-7-4-2-3(5(10)11)8-6(12)9-4/h2H,1H3,(H,10,11)(H2,7,8,9,12). The maximum atomic E-state index is 10.5. The molecule has 1 heterocycles. The second kappa shape index (κ2) is 3.31. The number of anilines is 1. The Kier molecular flexibility index (Phi) is 2.39. The number of nitrogens with zero attached hydrogens (tertiary/aromatic N) is 1. The van der Waals surface area contributed by atoms with Crippen molar-refractivity contribution in [2.45, 2.75) is 0 Å². The fraction of sp³-hybridized carbons (Fsp3) is 0.167. The number of hydrogen-bond acceptors (Lipinski definition) is 4. The van der Waals surface area contributed by atoms with Gasteiger partial charge in [0, 0.05) is 13.1 Å². The van der Waals surface area contributed by atoms with Crippen molar-refractivity contribution in [3.63, 3.8) is 0 Å². The number of carbonyl (C=O) groups is 1. The number of aromatic nitrogens is 2. The van der Waals surface area contributed by atoms with E-state index in [1.165, 1.54) is 6.07 Å². The summed E-state index contributed by atoms with van der Waals surface area (Å²) in [5, 5.41) is 11.3. The first-order valence-corrected chi connectivity index (χ1v) is 3.56. The molecule has 0 amide bonds. The largest absolute Gasteiger partial charge is 0.477 e. The van der Waals surface area contributed by atoms with Crippen LogP contribution in [0.25, 0.3) is 0 Å². The number of aromatic carboxylic acids is 1. The van der Waals surface area contributed by atoms with Crippen LogP contribution in [0.2, 0.25) is 0 Å². The number of hydrogen-bond donors (Lipinski definition) is 3. The Morgan fingerprint density at radius 1 is 1.83 bits per heavy atom. The van der Waals surface area contributed by atoms with Crippen LogP contribution in [0.1, 0.15) is 10.5 Å². The van der Waals surface area contributed by atoms with E-state index in [1.807, 2.05) is 0 Å². The van der Waals surface area contributed by atoms with Crippen molar-refractivity contribution >= 4 is 24.0 Å². The zero-order chi connectivity index (χ0) is 9.14. The molecule has 64 valence electrons. The van der Waals surface area contributed by atoms with Crippen LogP contribution < -0.4 is 5.32 Å². The summed E-state index contributed by atoms with van der Waals surface area (Å²) in [6, 6.07) is 1.37. The van der Waals surface area contributed by atoms with Gasteiger partial charge in [-0.1, -0.05) is 0 Å². The zero-order valence-corrected chi connectivity index (χ0v) is 7.10. The molecule has 0 spiro atoms. The van der Waals surface area contributed by atoms with Crippen LogP contribution in [0.3, 0.4) is 0 Å². The smallest absolute Gasteiger partial charge is 0.352 e. The van der Waals surface area contributed by atoms with Gasteiger partial charge in [-0.05, 0) is 12.2 Å². The summed E-state index contributed by atoms with van der Waals surface area (Å²) in [5.41, 5.74) is 0.0272. The molecule has 12 heavy (non-hydrogen) atoms. The summed E-state index contributed by atoms with van der Waals surface area (Å²) in [6.45, 7) is 0. The molecule has 3 N–H and O–H groups in total. The fourth-order valence-electron chi connectivity index (χ4n) is 0.701. The Labute approximate surface area is 73.5 Å². The molecule has 0 bridgehead atoms. The highest BCUT2D eigenvalue weighted by molar-refractivity contribution is 7.71. The first-order chi connectivity index (χ1) is 5.63. The SMILES string of the molecule is CNc1cc(C(=O)O)[nH]c(=S)n1. The molecule has 0 saturated carbocycles. The number of rotatable bonds is 2. The van der Waals surface area contributed by atoms with E-state index in [-0.39, 0.29) is 10.5 Å². The van der Waals surface area contributed by atoms with Gasteiger partial charge in [-0.25, -0.2) is 9.78 Å². The summed E-state index contributed by atoms with van der Waals surface area (Å²) in [7, 11) is 1.64. The molecule has 0 aromatic carbocycles. The first kappa shape index (κ1) is 8.66. The van der Waals surface area contributed by atoms with E-state index < -0.39 is 5.97 Å². The van der Waals surface area contributed by atoms with Crippen LogP contribution in [-0.4, -0.2) is 28.1 Å². The number of carboxylic acids is 1. The Morgan fingerprint density at radius 3 is 3.00 bits per heavy atom. The second-order valence-electron chi connectivity index (χ2n) is 2.04. The fourth-order valence-corrected chi connectivity index (χ4v) is 0.909. The van der Waals surface area contributed by atoms with Gasteiger partial charge in [0.15, 0.2) is 4.77 Å². The van der Waals surface area contributed by atoms with Gasteiger partial charge in [0.05, 0.1) is 0 Å². The topological polar surface area (TPSA) is 78.0 Å². The highest BCUT2D eigenvalue weighted by Gasteiger charge is 2.04. The van der Waals surface area contributed by atoms with Gasteiger partial charge >= 0.3 is 5.97 Å². The molecule has 1 aromatic heterocycles. The van der Waals surface area contributed by atoms with E-state index in [0.29, 0.717) is 5.82 Å². The molecule has 1 rings (SSSR count). The average molecular weight is 185 g/mol. The maximum absolute atomic E-state index is 10.5. The van der Waals surface area contributed by atoms with Gasteiger partial charge in [-0.3, -0.25) is 0 Å². The van der Waals surface area contributed by atoms with Crippen molar-refractivity contribution in [3.05, 3.63) is 16.5 Å². The lowest BCUT2D eigenvalue weighted by Crippen LogP contribution is -2.03. The normalized spacial score (nSPS) is 9.42. The van der Waals surface area contributed by atoms with Crippen LogP contribution in [0, 0.1) is 4.77 Å². The van der Waals surface area contributed by atoms with E-state index in [0.717, 1.165) is 0 Å². The molecule has 0 saturated heterocycles. The highest BCUT2D eigenvalue weighted by atomic mass is 32.1. The highest BCUT2D eigenvalue weighted by Crippen LogP contribution is 2.03. The summed E-state index contributed by atoms with van der Waals surface area (Å²) in [5.74, 6) is -0.615. The van der Waals surface area contributed by atoms with Crippen LogP contribution in [0.5, 0.6) is 0 Å². The minimum absolute atomic E-state index is 0.0272. The van der Waals surface area contributed by atoms with Crippen LogP contribution in [0.4, 0.5) is 5.82 Å². The number of H-pyrrole nitrogens is 1. The lowest BCUT2D eigenvalue weighted by Gasteiger charge is -1.99. The average Bonchev–Trinajstić information content (AvgIpc) is 2.03. The minimum atomic E-state index is -1.06. The Balaban J connectivity index is 3.24. The molecular formula is C6H7N3O2S. The monoisotopic (exact) mass is 185 g/mol. The summed E-state index contributed by atoms with van der Waals surface area (Å²) in [6.07, 6.45) is 0. The van der Waals surface area contributed by atoms with Crippen LogP contribution in [0.15, 0.2) is 6.07 Å². The van der Waals surface area contributed by atoms with Crippen molar-refractivity contribution < 1.29 is 9.90 Å². The van der Waals surface area contributed by atoms with E-state index in [4.69, 9.17) is 17.3 Å². The second-order valence-corrected chi connectivity index (χ2v) is 2.43. The molecule has 0 aliphatic heterocycles. The van der Waals surface area contributed by atoms with Gasteiger partial charge in [-0.2, -0.15) is 0 Å². The van der Waals surface area contributed by atoms with Crippen molar-refractivity contribution in [1.29, 1.82) is 0 Å². The number of aromatic amines is 1. The third-order valence-electron chi connectivity index (χ3n) is 1.23. The van der Waals surface area contributed by atoms with E-state index in [9.17, 15) is 4.79 Å². The molecule has 0 aliphatic carbocycles. The lowest BCUT2D eigenvalue weighted by atomic mass is 10.4.